The van der Waals surface area contributed by atoms with Gasteiger partial charge in [-0.1, -0.05) is 45.2 Å². The van der Waals surface area contributed by atoms with Gasteiger partial charge in [-0.15, -0.1) is 0 Å². The zero-order chi connectivity index (χ0) is 15.4. The van der Waals surface area contributed by atoms with E-state index in [1.165, 1.54) is 0 Å². The summed E-state index contributed by atoms with van der Waals surface area (Å²) < 4.78 is 11.4. The minimum atomic E-state index is 0.523. The molecule has 2 rings (SSSR count). The molecule has 2 aromatic carbocycles. The zero-order valence-electron chi connectivity index (χ0n) is 11.5. The van der Waals surface area contributed by atoms with Crippen molar-refractivity contribution in [1.29, 1.82) is 0 Å². The minimum absolute atomic E-state index is 0.523. The molecule has 0 aliphatic carbocycles. The molecular weight excluding hydrogens is 377 g/mol. The average molecular weight is 391 g/mol. The molecule has 21 heavy (non-hydrogen) atoms. The molecule has 0 fully saturated rings. The number of hydrogen-bond donors (Lipinski definition) is 1. The highest BCUT2D eigenvalue weighted by Gasteiger charge is 2.13. The second kappa shape index (κ2) is 7.25. The first-order chi connectivity index (χ1) is 10.1. The van der Waals surface area contributed by atoms with E-state index in [1.54, 1.807) is 14.2 Å². The predicted octanol–water partition coefficient (Wildman–Crippen LogP) is 5.39. The van der Waals surface area contributed by atoms with Crippen LogP contribution < -0.4 is 14.8 Å². The summed E-state index contributed by atoms with van der Waals surface area (Å²) in [6.07, 6.45) is 0. The van der Waals surface area contributed by atoms with Crippen LogP contribution in [0.5, 0.6) is 11.5 Å². The van der Waals surface area contributed by atoms with E-state index in [1.807, 2.05) is 30.3 Å². The lowest BCUT2D eigenvalue weighted by Crippen LogP contribution is -2.02. The van der Waals surface area contributed by atoms with Crippen LogP contribution in [0.15, 0.2) is 34.8 Å². The number of ether oxygens (including phenoxy) is 2. The molecule has 0 heterocycles. The number of anilines is 1. The van der Waals surface area contributed by atoms with Gasteiger partial charge in [-0.3, -0.25) is 0 Å². The summed E-state index contributed by atoms with van der Waals surface area (Å²) in [4.78, 5) is 0. The Morgan fingerprint density at radius 1 is 1.10 bits per heavy atom. The van der Waals surface area contributed by atoms with Crippen molar-refractivity contribution in [2.75, 3.05) is 19.5 Å². The number of benzene rings is 2. The molecule has 0 unspecified atom stereocenters. The zero-order valence-corrected chi connectivity index (χ0v) is 14.6. The van der Waals surface area contributed by atoms with Crippen molar-refractivity contribution in [1.82, 2.24) is 0 Å². The molecule has 3 nitrogen and oxygen atoms in total. The molecule has 0 radical (unpaired) electrons. The van der Waals surface area contributed by atoms with Crippen molar-refractivity contribution in [2.24, 2.45) is 0 Å². The molecule has 0 aliphatic rings. The van der Waals surface area contributed by atoms with Crippen molar-refractivity contribution in [3.8, 4) is 11.5 Å². The topological polar surface area (TPSA) is 30.5 Å². The monoisotopic (exact) mass is 389 g/mol. The fourth-order valence-electron chi connectivity index (χ4n) is 1.89. The smallest absolute Gasteiger partial charge is 0.179 e. The Morgan fingerprint density at radius 2 is 1.86 bits per heavy atom. The van der Waals surface area contributed by atoms with Gasteiger partial charge in [-0.05, 0) is 29.8 Å². The van der Waals surface area contributed by atoms with E-state index in [2.05, 4.69) is 21.2 Å². The van der Waals surface area contributed by atoms with Crippen LogP contribution in [0.2, 0.25) is 10.0 Å². The van der Waals surface area contributed by atoms with Gasteiger partial charge in [-0.2, -0.15) is 0 Å². The van der Waals surface area contributed by atoms with E-state index in [4.69, 9.17) is 32.7 Å². The molecule has 0 aromatic heterocycles. The van der Waals surface area contributed by atoms with Gasteiger partial charge in [-0.25, -0.2) is 0 Å². The number of halogens is 3. The highest BCUT2D eigenvalue weighted by molar-refractivity contribution is 9.10. The highest BCUT2D eigenvalue weighted by atomic mass is 79.9. The van der Waals surface area contributed by atoms with Crippen LogP contribution in [0.3, 0.4) is 0 Å². The van der Waals surface area contributed by atoms with Gasteiger partial charge < -0.3 is 14.8 Å². The first kappa shape index (κ1) is 16.3. The SMILES string of the molecule is COc1ccc(CNc2cc(Br)ccc2Cl)c(Cl)c1OC. The quantitative estimate of drug-likeness (QED) is 0.742. The second-order valence-corrected chi connectivity index (χ2v) is 5.95. The third kappa shape index (κ3) is 3.76. The Bertz CT molecular complexity index is 650. The van der Waals surface area contributed by atoms with Crippen molar-refractivity contribution in [3.63, 3.8) is 0 Å². The van der Waals surface area contributed by atoms with E-state index in [0.29, 0.717) is 28.1 Å². The van der Waals surface area contributed by atoms with Gasteiger partial charge in [0.2, 0.25) is 0 Å². The molecule has 0 bridgehead atoms. The molecule has 0 atom stereocenters. The normalized spacial score (nSPS) is 10.3. The molecule has 0 saturated carbocycles. The molecule has 2 aromatic rings. The Morgan fingerprint density at radius 3 is 2.52 bits per heavy atom. The van der Waals surface area contributed by atoms with Gasteiger partial charge in [0.1, 0.15) is 0 Å². The highest BCUT2D eigenvalue weighted by Crippen LogP contribution is 2.37. The third-order valence-corrected chi connectivity index (χ3v) is 4.20. The van der Waals surface area contributed by atoms with Crippen molar-refractivity contribution in [3.05, 3.63) is 50.4 Å². The predicted molar refractivity (Wildman–Crippen MR) is 91.0 cm³/mol. The fourth-order valence-corrected chi connectivity index (χ4v) is 2.74. The Labute approximate surface area is 142 Å². The van der Waals surface area contributed by atoms with Crippen LogP contribution in [-0.2, 0) is 6.54 Å². The number of rotatable bonds is 5. The molecule has 112 valence electrons. The van der Waals surface area contributed by atoms with E-state index in [-0.39, 0.29) is 0 Å². The maximum Gasteiger partial charge on any atom is 0.179 e. The number of methoxy groups -OCH3 is 2. The van der Waals surface area contributed by atoms with Crippen LogP contribution in [0.4, 0.5) is 5.69 Å². The minimum Gasteiger partial charge on any atom is -0.493 e. The summed E-state index contributed by atoms with van der Waals surface area (Å²) in [5.41, 5.74) is 1.72. The molecular formula is C15H14BrCl2NO2. The van der Waals surface area contributed by atoms with Gasteiger partial charge in [0.15, 0.2) is 11.5 Å². The lowest BCUT2D eigenvalue weighted by atomic mass is 10.2. The van der Waals surface area contributed by atoms with Gasteiger partial charge in [0, 0.05) is 11.0 Å². The van der Waals surface area contributed by atoms with Crippen LogP contribution in [-0.4, -0.2) is 14.2 Å². The number of hydrogen-bond acceptors (Lipinski definition) is 3. The fraction of sp³-hybridized carbons (Fsp3) is 0.200. The molecule has 0 spiro atoms. The lowest BCUT2D eigenvalue weighted by Gasteiger charge is -2.14. The Balaban J connectivity index is 2.22. The summed E-state index contributed by atoms with van der Waals surface area (Å²) in [7, 11) is 3.14. The van der Waals surface area contributed by atoms with Crippen LogP contribution in [0.25, 0.3) is 0 Å². The first-order valence-corrected chi connectivity index (χ1v) is 7.70. The van der Waals surface area contributed by atoms with Gasteiger partial charge >= 0.3 is 0 Å². The molecule has 0 amide bonds. The molecule has 0 saturated heterocycles. The standard InChI is InChI=1S/C15H14BrCl2NO2/c1-20-13-6-3-9(14(18)15(13)21-2)8-19-12-7-10(16)4-5-11(12)17/h3-7,19H,8H2,1-2H3. The second-order valence-electron chi connectivity index (χ2n) is 4.25. The molecule has 6 heteroatoms. The van der Waals surface area contributed by atoms with E-state index in [0.717, 1.165) is 15.7 Å². The maximum atomic E-state index is 6.34. The Kier molecular flexibility index (Phi) is 5.62. The lowest BCUT2D eigenvalue weighted by molar-refractivity contribution is 0.355. The third-order valence-electron chi connectivity index (χ3n) is 2.96. The summed E-state index contributed by atoms with van der Waals surface area (Å²) in [6.45, 7) is 0.523. The van der Waals surface area contributed by atoms with Gasteiger partial charge in [0.25, 0.3) is 0 Å². The van der Waals surface area contributed by atoms with Crippen molar-refractivity contribution >= 4 is 44.8 Å². The van der Waals surface area contributed by atoms with E-state index >= 15 is 0 Å². The first-order valence-electron chi connectivity index (χ1n) is 6.15. The summed E-state index contributed by atoms with van der Waals surface area (Å²) in [6, 6.07) is 9.34. The van der Waals surface area contributed by atoms with Crippen molar-refractivity contribution < 1.29 is 9.47 Å². The summed E-state index contributed by atoms with van der Waals surface area (Å²) in [5.74, 6) is 1.13. The van der Waals surface area contributed by atoms with Crippen LogP contribution >= 0.6 is 39.1 Å². The largest absolute Gasteiger partial charge is 0.493 e. The summed E-state index contributed by atoms with van der Waals surface area (Å²) >= 11 is 15.9. The van der Waals surface area contributed by atoms with E-state index in [9.17, 15) is 0 Å². The van der Waals surface area contributed by atoms with Crippen LogP contribution in [0, 0.1) is 0 Å². The Hall–Kier alpha value is -1.10. The maximum absolute atomic E-state index is 6.34. The van der Waals surface area contributed by atoms with Gasteiger partial charge in [0.05, 0.1) is 30.0 Å². The molecule has 1 N–H and O–H groups in total. The molecule has 0 aliphatic heterocycles. The number of nitrogens with one attached hydrogen (secondary N) is 1. The average Bonchev–Trinajstić information content (AvgIpc) is 2.48. The van der Waals surface area contributed by atoms with Crippen molar-refractivity contribution in [2.45, 2.75) is 6.54 Å². The van der Waals surface area contributed by atoms with E-state index < -0.39 is 0 Å². The van der Waals surface area contributed by atoms with Crippen LogP contribution in [0.1, 0.15) is 5.56 Å². The summed E-state index contributed by atoms with van der Waals surface area (Å²) in [5, 5.41) is 4.43.